The van der Waals surface area contributed by atoms with Crippen molar-refractivity contribution < 1.29 is 0 Å². The summed E-state index contributed by atoms with van der Waals surface area (Å²) in [5.74, 6) is 0. The van der Waals surface area contributed by atoms with Crippen LogP contribution >= 0.6 is 0 Å². The quantitative estimate of drug-likeness (QED) is 0.473. The first-order valence-corrected chi connectivity index (χ1v) is 14.6. The average molecular weight is 401 g/mol. The first-order valence-electron chi connectivity index (χ1n) is 9.36. The first kappa shape index (κ1) is 14.7. The molecule has 0 nitrogen and oxygen atoms in total. The maximum absolute atomic E-state index is 1.69. The monoisotopic (exact) mass is 402 g/mol. The topological polar surface area (TPSA) is 0 Å². The van der Waals surface area contributed by atoms with E-state index >= 15 is 0 Å². The van der Waals surface area contributed by atoms with Gasteiger partial charge in [0.1, 0.15) is 0 Å². The van der Waals surface area contributed by atoms with E-state index in [-0.39, 0.29) is 0 Å². The van der Waals surface area contributed by atoms with Crippen LogP contribution in [-0.2, 0) is 0 Å². The van der Waals surface area contributed by atoms with Gasteiger partial charge in [-0.15, -0.1) is 0 Å². The van der Waals surface area contributed by atoms with Crippen LogP contribution in [0.15, 0.2) is 0 Å². The Morgan fingerprint density at radius 1 is 0.550 bits per heavy atom. The van der Waals surface area contributed by atoms with Crippen molar-refractivity contribution in [3.05, 3.63) is 0 Å². The van der Waals surface area contributed by atoms with Gasteiger partial charge >= 0.3 is 137 Å². The summed E-state index contributed by atoms with van der Waals surface area (Å²) in [6.07, 6.45) is 21.2. The van der Waals surface area contributed by atoms with Gasteiger partial charge in [-0.2, -0.15) is 0 Å². The molecule has 4 fully saturated rings. The molecule has 0 aromatic rings. The number of rotatable bonds is 1. The Balaban J connectivity index is 1.58. The molecule has 2 heteroatoms. The summed E-state index contributed by atoms with van der Waals surface area (Å²) in [4.78, 5) is 2.55. The molecule has 4 rings (SSSR count). The molecule has 114 valence electrons. The fraction of sp³-hybridized carbons (Fsp3) is 1.00. The third-order valence-electron chi connectivity index (χ3n) is 6.45. The normalized spacial score (nSPS) is 46.5. The number of hydrogen-bond donors (Lipinski definition) is 0. The minimum absolute atomic E-state index is 0.553. The van der Waals surface area contributed by atoms with Gasteiger partial charge in [-0.05, 0) is 0 Å². The molecule has 1 aliphatic heterocycles. The van der Waals surface area contributed by atoms with Crippen LogP contribution < -0.4 is 0 Å². The molecule has 4 aliphatic rings. The van der Waals surface area contributed by atoms with E-state index in [9.17, 15) is 0 Å². The molecule has 4 unspecified atom stereocenters. The predicted molar refractivity (Wildman–Crippen MR) is 90.3 cm³/mol. The second-order valence-corrected chi connectivity index (χ2v) is 17.0. The average Bonchev–Trinajstić information content (AvgIpc) is 2.53. The minimum atomic E-state index is -0.553. The predicted octanol–water partition coefficient (Wildman–Crippen LogP) is 6.00. The molecule has 0 N–H and O–H groups in total. The zero-order valence-corrected chi connectivity index (χ0v) is 16.5. The van der Waals surface area contributed by atoms with Crippen molar-refractivity contribution in [2.45, 2.75) is 107 Å². The number of fused-ring (bicyclic) bond motifs is 2. The van der Waals surface area contributed by atoms with Crippen molar-refractivity contribution in [2.75, 3.05) is 0 Å². The van der Waals surface area contributed by atoms with Gasteiger partial charge in [0.05, 0.1) is 0 Å². The standard InChI is InChI=1S/C18H31AsSe/c1-2-8-14(9-3-1)19-15-10-4-6-12-17(15)20-18-13-7-5-11-16(18)19/h14-18H,1-13H2. The van der Waals surface area contributed by atoms with Gasteiger partial charge < -0.3 is 0 Å². The molecule has 3 aliphatic carbocycles. The van der Waals surface area contributed by atoms with Crippen molar-refractivity contribution in [3.63, 3.8) is 0 Å². The van der Waals surface area contributed by atoms with Crippen molar-refractivity contribution in [3.8, 4) is 0 Å². The van der Waals surface area contributed by atoms with E-state index in [1.807, 2.05) is 0 Å². The van der Waals surface area contributed by atoms with Crippen LogP contribution in [0.1, 0.15) is 83.5 Å². The van der Waals surface area contributed by atoms with E-state index in [1.54, 1.807) is 83.5 Å². The van der Waals surface area contributed by atoms with Crippen molar-refractivity contribution in [1.82, 2.24) is 0 Å². The Hall–Kier alpha value is 1.08. The Bertz CT molecular complexity index is 303. The van der Waals surface area contributed by atoms with Crippen molar-refractivity contribution >= 4 is 29.6 Å². The van der Waals surface area contributed by atoms with Crippen LogP contribution in [0.3, 0.4) is 0 Å². The summed E-state index contributed by atoms with van der Waals surface area (Å²) < 4.78 is 3.96. The summed E-state index contributed by atoms with van der Waals surface area (Å²) in [6.45, 7) is 0. The summed E-state index contributed by atoms with van der Waals surface area (Å²) in [5.41, 5.74) is 0. The van der Waals surface area contributed by atoms with Crippen LogP contribution in [-0.4, -0.2) is 29.6 Å². The van der Waals surface area contributed by atoms with E-state index in [1.165, 1.54) is 23.7 Å². The molecule has 0 radical (unpaired) electrons. The van der Waals surface area contributed by atoms with E-state index in [0.717, 1.165) is 15.0 Å². The molecule has 0 amide bonds. The molecule has 20 heavy (non-hydrogen) atoms. The van der Waals surface area contributed by atoms with Gasteiger partial charge in [-0.1, -0.05) is 0 Å². The Labute approximate surface area is 136 Å². The summed E-state index contributed by atoms with van der Waals surface area (Å²) in [7, 11) is 0. The Kier molecular flexibility index (Phi) is 4.89. The van der Waals surface area contributed by atoms with Gasteiger partial charge in [0.25, 0.3) is 0 Å². The molecule has 0 spiro atoms. The van der Waals surface area contributed by atoms with Gasteiger partial charge in [0.15, 0.2) is 0 Å². The fourth-order valence-electron chi connectivity index (χ4n) is 5.55. The van der Waals surface area contributed by atoms with Crippen molar-refractivity contribution in [1.29, 1.82) is 0 Å². The SMILES string of the molecule is C1CCC([As]2C3CCCCC3[Se]C3CCCCC32)CC1. The molecular formula is C18H31AsSe. The van der Waals surface area contributed by atoms with E-state index in [0.29, 0.717) is 0 Å². The zero-order valence-electron chi connectivity index (χ0n) is 12.9. The second kappa shape index (κ2) is 6.68. The Morgan fingerprint density at radius 2 is 1.05 bits per heavy atom. The summed E-state index contributed by atoms with van der Waals surface area (Å²) in [6, 6.07) is 0. The van der Waals surface area contributed by atoms with Crippen molar-refractivity contribution in [2.24, 2.45) is 0 Å². The van der Waals surface area contributed by atoms with Crippen LogP contribution in [0.5, 0.6) is 0 Å². The molecule has 0 aromatic carbocycles. The van der Waals surface area contributed by atoms with E-state index in [4.69, 9.17) is 0 Å². The zero-order chi connectivity index (χ0) is 13.4. The van der Waals surface area contributed by atoms with E-state index in [2.05, 4.69) is 0 Å². The third kappa shape index (κ3) is 2.81. The van der Waals surface area contributed by atoms with E-state index < -0.39 is 14.7 Å². The van der Waals surface area contributed by atoms with Crippen LogP contribution in [0.2, 0.25) is 23.7 Å². The molecule has 4 atom stereocenters. The Morgan fingerprint density at radius 3 is 1.65 bits per heavy atom. The fourth-order valence-corrected chi connectivity index (χ4v) is 23.3. The van der Waals surface area contributed by atoms with Gasteiger partial charge in [0.2, 0.25) is 0 Å². The van der Waals surface area contributed by atoms with Gasteiger partial charge in [-0.3, -0.25) is 0 Å². The van der Waals surface area contributed by atoms with Crippen LogP contribution in [0, 0.1) is 0 Å². The maximum atomic E-state index is 1.69. The molecular weight excluding hydrogens is 370 g/mol. The molecule has 0 bridgehead atoms. The van der Waals surface area contributed by atoms with Gasteiger partial charge in [-0.25, -0.2) is 0 Å². The van der Waals surface area contributed by atoms with Crippen LogP contribution in [0.25, 0.3) is 0 Å². The second-order valence-electron chi connectivity index (χ2n) is 7.66. The van der Waals surface area contributed by atoms with Crippen LogP contribution in [0.4, 0.5) is 0 Å². The van der Waals surface area contributed by atoms with Gasteiger partial charge in [0, 0.05) is 0 Å². The molecule has 1 saturated heterocycles. The molecule has 3 saturated carbocycles. The summed E-state index contributed by atoms with van der Waals surface area (Å²) in [5, 5.41) is 0. The first-order chi connectivity index (χ1) is 9.93. The summed E-state index contributed by atoms with van der Waals surface area (Å²) >= 11 is 0.499. The molecule has 1 heterocycles. The third-order valence-corrected chi connectivity index (χ3v) is 20.9. The molecule has 0 aromatic heterocycles. The number of hydrogen-bond acceptors (Lipinski definition) is 0.